The predicted molar refractivity (Wildman–Crippen MR) is 78.5 cm³/mol. The number of sulfonamides is 1. The molecule has 0 spiro atoms. The molecule has 5 heteroatoms. The molecule has 0 aliphatic heterocycles. The van der Waals surface area contributed by atoms with Gasteiger partial charge in [0.2, 0.25) is 10.0 Å². The number of alkyl halides is 1. The third-order valence-corrected chi connectivity index (χ3v) is 7.73. The molecule has 0 radical (unpaired) electrons. The van der Waals surface area contributed by atoms with Crippen molar-refractivity contribution >= 4 is 26.0 Å². The second-order valence-corrected chi connectivity index (χ2v) is 8.67. The van der Waals surface area contributed by atoms with Crippen molar-refractivity contribution in [3.8, 4) is 0 Å². The molecule has 2 aliphatic carbocycles. The lowest BCUT2D eigenvalue weighted by atomic mass is 9.79. The quantitative estimate of drug-likeness (QED) is 0.800. The molecule has 0 aromatic heterocycles. The van der Waals surface area contributed by atoms with Crippen molar-refractivity contribution in [2.45, 2.75) is 69.1 Å². The van der Waals surface area contributed by atoms with Gasteiger partial charge in [0.25, 0.3) is 0 Å². The molecule has 3 nitrogen and oxygen atoms in total. The first-order valence-electron chi connectivity index (χ1n) is 7.06. The van der Waals surface area contributed by atoms with Crippen LogP contribution in [0.25, 0.3) is 0 Å². The second-order valence-electron chi connectivity index (χ2n) is 6.15. The minimum absolute atomic E-state index is 0.146. The average Bonchev–Trinajstić information content (AvgIpc) is 2.87. The van der Waals surface area contributed by atoms with Crippen LogP contribution in [0.1, 0.15) is 58.3 Å². The molecule has 0 bridgehead atoms. The minimum Gasteiger partial charge on any atom is -0.212 e. The molecule has 1 N–H and O–H groups in total. The van der Waals surface area contributed by atoms with E-state index in [0.29, 0.717) is 0 Å². The van der Waals surface area contributed by atoms with Gasteiger partial charge in [-0.15, -0.1) is 0 Å². The van der Waals surface area contributed by atoms with Crippen LogP contribution < -0.4 is 4.72 Å². The van der Waals surface area contributed by atoms with Crippen LogP contribution in [0, 0.1) is 5.92 Å². The number of rotatable bonds is 4. The highest BCUT2D eigenvalue weighted by molar-refractivity contribution is 9.09. The fourth-order valence-electron chi connectivity index (χ4n) is 3.16. The van der Waals surface area contributed by atoms with E-state index in [9.17, 15) is 8.42 Å². The smallest absolute Gasteiger partial charge is 0.212 e. The van der Waals surface area contributed by atoms with Gasteiger partial charge < -0.3 is 0 Å². The van der Waals surface area contributed by atoms with Crippen molar-refractivity contribution in [1.82, 2.24) is 4.72 Å². The Hall–Kier alpha value is 0.390. The highest BCUT2D eigenvalue weighted by atomic mass is 79.9. The molecule has 2 aliphatic rings. The first-order valence-corrected chi connectivity index (χ1v) is 9.73. The molecule has 0 unspecified atom stereocenters. The largest absolute Gasteiger partial charge is 0.215 e. The molecular formula is C13H24BrNO2S. The molecule has 0 heterocycles. The minimum atomic E-state index is -3.13. The van der Waals surface area contributed by atoms with Crippen molar-refractivity contribution in [2.75, 3.05) is 5.33 Å². The van der Waals surface area contributed by atoms with Crippen LogP contribution >= 0.6 is 15.9 Å². The van der Waals surface area contributed by atoms with Crippen molar-refractivity contribution in [1.29, 1.82) is 0 Å². The molecule has 0 aromatic carbocycles. The zero-order valence-electron chi connectivity index (χ0n) is 11.1. The van der Waals surface area contributed by atoms with Crippen LogP contribution in [0.5, 0.6) is 0 Å². The number of hydrogen-bond acceptors (Lipinski definition) is 2. The zero-order chi connectivity index (χ0) is 13.2. The molecular weight excluding hydrogens is 314 g/mol. The standard InChI is InChI=1S/C13H24BrNO2S/c1-11-6-8-13(10-14,9-7-11)15-18(16,17)12-4-2-3-5-12/h11-12,15H,2-10H2,1H3. The van der Waals surface area contributed by atoms with E-state index in [1.165, 1.54) is 0 Å². The van der Waals surface area contributed by atoms with Crippen molar-refractivity contribution in [3.05, 3.63) is 0 Å². The summed E-state index contributed by atoms with van der Waals surface area (Å²) in [6.07, 6.45) is 7.97. The fourth-order valence-corrected chi connectivity index (χ4v) is 6.05. The van der Waals surface area contributed by atoms with Gasteiger partial charge in [0, 0.05) is 10.9 Å². The Kier molecular flexibility index (Phi) is 4.76. The number of halogens is 1. The molecule has 18 heavy (non-hydrogen) atoms. The molecule has 0 aromatic rings. The highest BCUT2D eigenvalue weighted by Crippen LogP contribution is 2.35. The number of hydrogen-bond donors (Lipinski definition) is 1. The molecule has 0 amide bonds. The van der Waals surface area contributed by atoms with E-state index < -0.39 is 10.0 Å². The van der Waals surface area contributed by atoms with Gasteiger partial charge >= 0.3 is 0 Å². The van der Waals surface area contributed by atoms with Crippen LogP contribution in [0.2, 0.25) is 0 Å². The Morgan fingerprint density at radius 2 is 1.72 bits per heavy atom. The average molecular weight is 338 g/mol. The molecule has 0 atom stereocenters. The Bertz CT molecular complexity index is 368. The molecule has 0 saturated heterocycles. The second kappa shape index (κ2) is 5.80. The van der Waals surface area contributed by atoms with Crippen molar-refractivity contribution < 1.29 is 8.42 Å². The summed E-state index contributed by atoms with van der Waals surface area (Å²) >= 11 is 3.52. The summed E-state index contributed by atoms with van der Waals surface area (Å²) in [5.41, 5.74) is -0.228. The van der Waals surface area contributed by atoms with E-state index in [1.54, 1.807) is 0 Å². The van der Waals surface area contributed by atoms with Crippen LogP contribution in [0.4, 0.5) is 0 Å². The van der Waals surface area contributed by atoms with Gasteiger partial charge in [-0.2, -0.15) is 0 Å². The van der Waals surface area contributed by atoms with Crippen molar-refractivity contribution in [2.24, 2.45) is 5.92 Å². The Morgan fingerprint density at radius 3 is 2.22 bits per heavy atom. The highest BCUT2D eigenvalue weighted by Gasteiger charge is 2.39. The summed E-state index contributed by atoms with van der Waals surface area (Å²) in [4.78, 5) is 0. The summed E-state index contributed by atoms with van der Waals surface area (Å²) < 4.78 is 27.9. The van der Waals surface area contributed by atoms with Gasteiger partial charge in [0.1, 0.15) is 0 Å². The predicted octanol–water partition coefficient (Wildman–Crippen LogP) is 3.19. The van der Waals surface area contributed by atoms with E-state index in [2.05, 4.69) is 27.6 Å². The molecule has 106 valence electrons. The summed E-state index contributed by atoms with van der Waals surface area (Å²) in [6, 6.07) is 0. The molecule has 2 fully saturated rings. The van der Waals surface area contributed by atoms with E-state index in [-0.39, 0.29) is 10.8 Å². The SMILES string of the molecule is CC1CCC(CBr)(NS(=O)(=O)C2CCCC2)CC1. The first kappa shape index (κ1) is 14.8. The third-order valence-electron chi connectivity index (χ3n) is 4.59. The molecule has 2 saturated carbocycles. The van der Waals surface area contributed by atoms with Gasteiger partial charge in [-0.1, -0.05) is 35.7 Å². The van der Waals surface area contributed by atoms with Gasteiger partial charge in [-0.05, 0) is 44.4 Å². The van der Waals surface area contributed by atoms with E-state index >= 15 is 0 Å². The summed E-state index contributed by atoms with van der Waals surface area (Å²) in [6.45, 7) is 2.25. The zero-order valence-corrected chi connectivity index (χ0v) is 13.5. The van der Waals surface area contributed by atoms with E-state index in [0.717, 1.165) is 62.6 Å². The lowest BCUT2D eigenvalue weighted by molar-refractivity contribution is 0.249. The van der Waals surface area contributed by atoms with Gasteiger partial charge in [-0.25, -0.2) is 13.1 Å². The van der Waals surface area contributed by atoms with Crippen LogP contribution in [-0.4, -0.2) is 24.5 Å². The summed E-state index contributed by atoms with van der Waals surface area (Å²) in [7, 11) is -3.13. The Morgan fingerprint density at radius 1 is 1.17 bits per heavy atom. The maximum Gasteiger partial charge on any atom is 0.215 e. The van der Waals surface area contributed by atoms with E-state index in [4.69, 9.17) is 0 Å². The Labute approximate surface area is 119 Å². The lowest BCUT2D eigenvalue weighted by Gasteiger charge is -2.39. The summed E-state index contributed by atoms with van der Waals surface area (Å²) in [5.74, 6) is 0.730. The monoisotopic (exact) mass is 337 g/mol. The first-order chi connectivity index (χ1) is 8.47. The maximum absolute atomic E-state index is 12.4. The summed E-state index contributed by atoms with van der Waals surface area (Å²) in [5, 5.41) is 0.589. The van der Waals surface area contributed by atoms with Crippen LogP contribution in [0.15, 0.2) is 0 Å². The lowest BCUT2D eigenvalue weighted by Crippen LogP contribution is -2.53. The fraction of sp³-hybridized carbons (Fsp3) is 1.00. The topological polar surface area (TPSA) is 46.2 Å². The molecule has 2 rings (SSSR count). The Balaban J connectivity index is 2.05. The van der Waals surface area contributed by atoms with Crippen LogP contribution in [-0.2, 0) is 10.0 Å². The van der Waals surface area contributed by atoms with Gasteiger partial charge in [-0.3, -0.25) is 0 Å². The normalized spacial score (nSPS) is 34.9. The van der Waals surface area contributed by atoms with Crippen LogP contribution in [0.3, 0.4) is 0 Å². The number of nitrogens with one attached hydrogen (secondary N) is 1. The maximum atomic E-state index is 12.4. The van der Waals surface area contributed by atoms with Crippen molar-refractivity contribution in [3.63, 3.8) is 0 Å². The van der Waals surface area contributed by atoms with Gasteiger partial charge in [0.05, 0.1) is 5.25 Å². The van der Waals surface area contributed by atoms with Gasteiger partial charge in [0.15, 0.2) is 0 Å². The van der Waals surface area contributed by atoms with E-state index in [1.807, 2.05) is 0 Å². The third kappa shape index (κ3) is 3.28.